The van der Waals surface area contributed by atoms with Crippen LogP contribution < -0.4 is 0 Å². The van der Waals surface area contributed by atoms with E-state index in [4.69, 9.17) is 4.74 Å². The van der Waals surface area contributed by atoms with Crippen LogP contribution in [0.15, 0.2) is 12.2 Å². The molecule has 1 saturated carbocycles. The molecule has 4 heteroatoms. The molecule has 0 spiro atoms. The lowest BCUT2D eigenvalue weighted by Gasteiger charge is -2.30. The monoisotopic (exact) mass is 282 g/mol. The zero-order valence-electron chi connectivity index (χ0n) is 13.3. The third kappa shape index (κ3) is 2.36. The van der Waals surface area contributed by atoms with E-state index in [0.717, 1.165) is 6.42 Å². The molecule has 1 fully saturated rings. The lowest BCUT2D eigenvalue weighted by atomic mass is 9.72. The highest BCUT2D eigenvalue weighted by atomic mass is 16.5. The summed E-state index contributed by atoms with van der Waals surface area (Å²) in [6.45, 7) is 12.0. The van der Waals surface area contributed by atoms with Gasteiger partial charge in [0.25, 0.3) is 0 Å². The Labute approximate surface area is 121 Å². The lowest BCUT2D eigenvalue weighted by molar-refractivity contribution is -0.150. The molecule has 0 aromatic carbocycles. The molecule has 0 aliphatic heterocycles. The Balaban J connectivity index is 2.95. The quantitative estimate of drug-likeness (QED) is 0.621. The van der Waals surface area contributed by atoms with E-state index < -0.39 is 17.4 Å². The second-order valence-corrected chi connectivity index (χ2v) is 7.09. The molecule has 2 atom stereocenters. The summed E-state index contributed by atoms with van der Waals surface area (Å²) in [6, 6.07) is 0. The van der Waals surface area contributed by atoms with Crippen LogP contribution in [0.1, 0.15) is 48.0 Å². The number of hydrogen-bond donors (Lipinski definition) is 1. The molecule has 0 heterocycles. The van der Waals surface area contributed by atoms with Crippen LogP contribution in [0.4, 0.5) is 0 Å². The number of aliphatic carboxylic acids is 1. The molecule has 0 aromatic heterocycles. The summed E-state index contributed by atoms with van der Waals surface area (Å²) < 4.78 is 4.98. The molecule has 114 valence electrons. The Morgan fingerprint density at radius 2 is 1.85 bits per heavy atom. The van der Waals surface area contributed by atoms with Crippen LogP contribution in [0.25, 0.3) is 0 Å². The molecular weight excluding hydrogens is 256 g/mol. The van der Waals surface area contributed by atoms with Crippen LogP contribution in [0.2, 0.25) is 0 Å². The first-order chi connectivity index (χ1) is 9.03. The summed E-state index contributed by atoms with van der Waals surface area (Å²) in [6.07, 6.45) is 3.85. The van der Waals surface area contributed by atoms with E-state index in [0.29, 0.717) is 6.61 Å². The summed E-state index contributed by atoms with van der Waals surface area (Å²) in [5, 5.41) is 9.70. The molecule has 0 bridgehead atoms. The number of ether oxygens (including phenoxy) is 1. The van der Waals surface area contributed by atoms with Gasteiger partial charge in [-0.15, -0.1) is 0 Å². The van der Waals surface area contributed by atoms with Crippen molar-refractivity contribution < 1.29 is 19.4 Å². The van der Waals surface area contributed by atoms with E-state index in [-0.39, 0.29) is 16.7 Å². The molecule has 0 aromatic rings. The van der Waals surface area contributed by atoms with Crippen molar-refractivity contribution in [3.8, 4) is 0 Å². The maximum Gasteiger partial charge on any atom is 0.330 e. The zero-order chi connectivity index (χ0) is 15.8. The highest BCUT2D eigenvalue weighted by Crippen LogP contribution is 2.76. The maximum absolute atomic E-state index is 11.8. The van der Waals surface area contributed by atoms with Gasteiger partial charge in [0.2, 0.25) is 0 Å². The Morgan fingerprint density at radius 1 is 1.30 bits per heavy atom. The summed E-state index contributed by atoms with van der Waals surface area (Å²) in [7, 11) is 0. The van der Waals surface area contributed by atoms with E-state index in [1.807, 2.05) is 41.5 Å². The molecule has 0 amide bonds. The summed E-state index contributed by atoms with van der Waals surface area (Å²) in [5.41, 5.74) is -1.61. The van der Waals surface area contributed by atoms with E-state index in [1.165, 1.54) is 6.08 Å². The Bertz CT molecular complexity index is 428. The highest BCUT2D eigenvalue weighted by molar-refractivity contribution is 5.85. The highest BCUT2D eigenvalue weighted by Gasteiger charge is 2.79. The first-order valence-corrected chi connectivity index (χ1v) is 7.11. The van der Waals surface area contributed by atoms with Crippen LogP contribution in [-0.4, -0.2) is 23.7 Å². The topological polar surface area (TPSA) is 63.6 Å². The predicted octanol–water partition coefficient (Wildman–Crippen LogP) is 3.27. The third-order valence-electron chi connectivity index (χ3n) is 4.57. The van der Waals surface area contributed by atoms with Crippen LogP contribution in [-0.2, 0) is 14.3 Å². The van der Waals surface area contributed by atoms with Crippen molar-refractivity contribution >= 4 is 11.9 Å². The molecule has 1 aliphatic rings. The van der Waals surface area contributed by atoms with Crippen LogP contribution in [0.5, 0.6) is 0 Å². The fourth-order valence-electron chi connectivity index (χ4n) is 3.78. The number of carbonyl (C=O) groups is 2. The van der Waals surface area contributed by atoms with Gasteiger partial charge in [0.1, 0.15) is 0 Å². The second-order valence-electron chi connectivity index (χ2n) is 7.09. The normalized spacial score (nSPS) is 28.4. The van der Waals surface area contributed by atoms with Crippen molar-refractivity contribution in [1.29, 1.82) is 0 Å². The number of rotatable bonds is 5. The summed E-state index contributed by atoms with van der Waals surface area (Å²) >= 11 is 0. The maximum atomic E-state index is 11.8. The molecule has 0 unspecified atom stereocenters. The number of carbonyl (C=O) groups excluding carboxylic acids is 1. The van der Waals surface area contributed by atoms with Gasteiger partial charge < -0.3 is 9.84 Å². The fraction of sp³-hybridized carbons (Fsp3) is 0.750. The van der Waals surface area contributed by atoms with Gasteiger partial charge in [-0.1, -0.05) is 47.6 Å². The minimum absolute atomic E-state index is 0.165. The first kappa shape index (κ1) is 16.7. The van der Waals surface area contributed by atoms with Gasteiger partial charge >= 0.3 is 11.9 Å². The molecular formula is C16H26O4. The predicted molar refractivity (Wildman–Crippen MR) is 77.2 cm³/mol. The minimum Gasteiger partial charge on any atom is -0.481 e. The summed E-state index contributed by atoms with van der Waals surface area (Å²) in [4.78, 5) is 23.3. The van der Waals surface area contributed by atoms with Gasteiger partial charge in [-0.25, -0.2) is 4.79 Å². The average Bonchev–Trinajstić information content (AvgIpc) is 2.80. The Hall–Kier alpha value is -1.32. The van der Waals surface area contributed by atoms with Crippen LogP contribution in [0, 0.1) is 22.2 Å². The van der Waals surface area contributed by atoms with Crippen molar-refractivity contribution in [2.45, 2.75) is 48.0 Å². The largest absolute Gasteiger partial charge is 0.481 e. The third-order valence-corrected chi connectivity index (χ3v) is 4.57. The molecule has 4 nitrogen and oxygen atoms in total. The molecule has 1 aliphatic carbocycles. The van der Waals surface area contributed by atoms with E-state index in [1.54, 1.807) is 6.08 Å². The van der Waals surface area contributed by atoms with Crippen LogP contribution in [0.3, 0.4) is 0 Å². The van der Waals surface area contributed by atoms with E-state index in [2.05, 4.69) is 0 Å². The second kappa shape index (κ2) is 5.23. The van der Waals surface area contributed by atoms with Crippen molar-refractivity contribution in [2.24, 2.45) is 22.2 Å². The number of allylic oxidation sites excluding steroid dienone is 1. The number of carboxylic acid groups (broad SMARTS) is 1. The van der Waals surface area contributed by atoms with Gasteiger partial charge in [0.05, 0.1) is 12.0 Å². The fourth-order valence-corrected chi connectivity index (χ4v) is 3.78. The van der Waals surface area contributed by atoms with Crippen molar-refractivity contribution in [1.82, 2.24) is 0 Å². The van der Waals surface area contributed by atoms with Gasteiger partial charge in [-0.05, 0) is 17.3 Å². The molecule has 20 heavy (non-hydrogen) atoms. The minimum atomic E-state index is -0.846. The molecule has 1 N–H and O–H groups in total. The van der Waals surface area contributed by atoms with E-state index >= 15 is 0 Å². The standard InChI is InChI=1S/C16H26O4/c1-7-10-20-12(17)9-8-11-15(5,6)16(11,13(18)19)14(2,3)4/h8-9,11H,7,10H2,1-6H3,(H,18,19)/t11-,16+/m0/s1. The Kier molecular flexibility index (Phi) is 4.37. The summed E-state index contributed by atoms with van der Waals surface area (Å²) in [5.74, 6) is -1.36. The number of carboxylic acids is 1. The van der Waals surface area contributed by atoms with Gasteiger partial charge in [0, 0.05) is 12.0 Å². The molecule has 0 saturated heterocycles. The van der Waals surface area contributed by atoms with Gasteiger partial charge in [0.15, 0.2) is 0 Å². The van der Waals surface area contributed by atoms with Gasteiger partial charge in [-0.3, -0.25) is 4.79 Å². The van der Waals surface area contributed by atoms with Crippen molar-refractivity contribution in [3.63, 3.8) is 0 Å². The number of esters is 1. The first-order valence-electron chi connectivity index (χ1n) is 7.11. The van der Waals surface area contributed by atoms with Crippen LogP contribution >= 0.6 is 0 Å². The van der Waals surface area contributed by atoms with Gasteiger partial charge in [-0.2, -0.15) is 0 Å². The lowest BCUT2D eigenvalue weighted by Crippen LogP contribution is -2.35. The zero-order valence-corrected chi connectivity index (χ0v) is 13.3. The van der Waals surface area contributed by atoms with E-state index in [9.17, 15) is 14.7 Å². The molecule has 1 rings (SSSR count). The SMILES string of the molecule is CCCOC(=O)C=C[C@H]1C(C)(C)[C@]1(C(=O)O)C(C)(C)C. The smallest absolute Gasteiger partial charge is 0.330 e. The number of hydrogen-bond acceptors (Lipinski definition) is 3. The Morgan fingerprint density at radius 3 is 2.20 bits per heavy atom. The molecule has 0 radical (unpaired) electrons. The van der Waals surface area contributed by atoms with Crippen molar-refractivity contribution in [2.75, 3.05) is 6.61 Å². The average molecular weight is 282 g/mol. The van der Waals surface area contributed by atoms with Crippen molar-refractivity contribution in [3.05, 3.63) is 12.2 Å².